The molecule has 1 aliphatic heterocycles. The van der Waals surface area contributed by atoms with Crippen molar-refractivity contribution in [1.29, 1.82) is 0 Å². The van der Waals surface area contributed by atoms with Gasteiger partial charge in [-0.25, -0.2) is 4.79 Å². The summed E-state index contributed by atoms with van der Waals surface area (Å²) < 4.78 is 11.1. The van der Waals surface area contributed by atoms with Gasteiger partial charge in [-0.15, -0.1) is 0 Å². The molecule has 21 heavy (non-hydrogen) atoms. The number of hydrogen-bond donors (Lipinski definition) is 1. The Labute approximate surface area is 122 Å². The Morgan fingerprint density at radius 2 is 1.95 bits per heavy atom. The van der Waals surface area contributed by atoms with Gasteiger partial charge in [0.2, 0.25) is 6.29 Å². The van der Waals surface area contributed by atoms with Gasteiger partial charge >= 0.3 is 5.97 Å². The minimum absolute atomic E-state index is 0.0684. The highest BCUT2D eigenvalue weighted by atomic mass is 16.7. The zero-order valence-corrected chi connectivity index (χ0v) is 11.4. The Morgan fingerprint density at radius 1 is 1.24 bits per heavy atom. The molecule has 0 spiro atoms. The minimum Gasteiger partial charge on any atom is -0.475 e. The van der Waals surface area contributed by atoms with Crippen molar-refractivity contribution in [1.82, 2.24) is 0 Å². The number of ether oxygens (including phenoxy) is 2. The number of Topliss-reactive ketones (excluding diaryl/α,β-unsaturated/α-hetero) is 1. The van der Waals surface area contributed by atoms with Crippen LogP contribution >= 0.6 is 0 Å². The number of benzene rings is 1. The summed E-state index contributed by atoms with van der Waals surface area (Å²) in [5.74, 6) is -2.51. The molecule has 1 heterocycles. The first-order chi connectivity index (χ1) is 10.1. The van der Waals surface area contributed by atoms with E-state index >= 15 is 0 Å². The van der Waals surface area contributed by atoms with Gasteiger partial charge in [0.05, 0.1) is 5.92 Å². The molecule has 1 aromatic carbocycles. The molecule has 1 fully saturated rings. The van der Waals surface area contributed by atoms with E-state index in [1.807, 2.05) is 30.3 Å². The average Bonchev–Trinajstić information content (AvgIpc) is 3.20. The summed E-state index contributed by atoms with van der Waals surface area (Å²) in [4.78, 5) is 22.7. The minimum atomic E-state index is -1.41. The normalized spacial score (nSPS) is 21.9. The van der Waals surface area contributed by atoms with Crippen molar-refractivity contribution >= 4 is 11.8 Å². The SMILES string of the molecule is O=C(O)C(=O)C(C1=COC(Cc2ccccc2)O1)C1CC1. The second-order valence-electron chi connectivity index (χ2n) is 5.38. The maximum absolute atomic E-state index is 11.8. The predicted molar refractivity (Wildman–Crippen MR) is 73.0 cm³/mol. The lowest BCUT2D eigenvalue weighted by Gasteiger charge is -2.16. The Kier molecular flexibility index (Phi) is 3.64. The third-order valence-corrected chi connectivity index (χ3v) is 3.74. The molecule has 1 aromatic rings. The van der Waals surface area contributed by atoms with Crippen LogP contribution in [0.2, 0.25) is 0 Å². The van der Waals surface area contributed by atoms with Gasteiger partial charge in [-0.05, 0) is 24.3 Å². The largest absolute Gasteiger partial charge is 0.475 e. The van der Waals surface area contributed by atoms with E-state index in [0.717, 1.165) is 18.4 Å². The van der Waals surface area contributed by atoms with Crippen molar-refractivity contribution in [2.75, 3.05) is 0 Å². The highest BCUT2D eigenvalue weighted by Crippen LogP contribution is 2.43. The monoisotopic (exact) mass is 288 g/mol. The summed E-state index contributed by atoms with van der Waals surface area (Å²) in [6, 6.07) is 9.72. The van der Waals surface area contributed by atoms with Crippen LogP contribution in [0.3, 0.4) is 0 Å². The van der Waals surface area contributed by atoms with E-state index in [9.17, 15) is 9.59 Å². The number of carboxylic acids is 1. The molecule has 0 radical (unpaired) electrons. The van der Waals surface area contributed by atoms with Gasteiger partial charge in [-0.3, -0.25) is 4.79 Å². The van der Waals surface area contributed by atoms with Crippen LogP contribution in [0.25, 0.3) is 0 Å². The lowest BCUT2D eigenvalue weighted by molar-refractivity contribution is -0.151. The fraction of sp³-hybridized carbons (Fsp3) is 0.375. The molecule has 0 bridgehead atoms. The van der Waals surface area contributed by atoms with Crippen molar-refractivity contribution in [2.24, 2.45) is 11.8 Å². The van der Waals surface area contributed by atoms with Gasteiger partial charge in [-0.1, -0.05) is 30.3 Å². The van der Waals surface area contributed by atoms with Gasteiger partial charge in [0.15, 0.2) is 0 Å². The number of ketones is 1. The molecule has 2 aliphatic rings. The lowest BCUT2D eigenvalue weighted by Crippen LogP contribution is -2.27. The van der Waals surface area contributed by atoms with Crippen molar-refractivity contribution < 1.29 is 24.2 Å². The summed E-state index contributed by atoms with van der Waals surface area (Å²) in [7, 11) is 0. The van der Waals surface area contributed by atoms with Gasteiger partial charge in [0, 0.05) is 6.42 Å². The van der Waals surface area contributed by atoms with Crippen LogP contribution in [0.5, 0.6) is 0 Å². The smallest absolute Gasteiger partial charge is 0.372 e. The number of allylic oxidation sites excluding steroid dienone is 1. The second kappa shape index (κ2) is 5.60. The quantitative estimate of drug-likeness (QED) is 0.812. The Morgan fingerprint density at radius 3 is 2.57 bits per heavy atom. The topological polar surface area (TPSA) is 72.8 Å². The first-order valence-electron chi connectivity index (χ1n) is 6.98. The number of hydrogen-bond acceptors (Lipinski definition) is 4. The number of carboxylic acid groups (broad SMARTS) is 1. The molecule has 2 atom stereocenters. The Balaban J connectivity index is 1.65. The Hall–Kier alpha value is -2.30. The summed E-state index contributed by atoms with van der Waals surface area (Å²) in [6.07, 6.45) is 3.17. The van der Waals surface area contributed by atoms with Crippen LogP contribution in [0, 0.1) is 11.8 Å². The van der Waals surface area contributed by atoms with E-state index in [0.29, 0.717) is 12.2 Å². The molecule has 110 valence electrons. The van der Waals surface area contributed by atoms with E-state index in [1.165, 1.54) is 6.26 Å². The van der Waals surface area contributed by atoms with Crippen molar-refractivity contribution in [3.8, 4) is 0 Å². The van der Waals surface area contributed by atoms with Gasteiger partial charge in [-0.2, -0.15) is 0 Å². The van der Waals surface area contributed by atoms with Crippen LogP contribution in [-0.4, -0.2) is 23.1 Å². The summed E-state index contributed by atoms with van der Waals surface area (Å²) in [6.45, 7) is 0. The number of aliphatic carboxylic acids is 1. The first-order valence-corrected chi connectivity index (χ1v) is 6.98. The van der Waals surface area contributed by atoms with E-state index in [4.69, 9.17) is 14.6 Å². The van der Waals surface area contributed by atoms with Gasteiger partial charge in [0.25, 0.3) is 5.78 Å². The predicted octanol–water partition coefficient (Wildman–Crippen LogP) is 2.12. The van der Waals surface area contributed by atoms with Crippen molar-refractivity contribution in [2.45, 2.75) is 25.6 Å². The molecule has 5 heteroatoms. The number of carbonyl (C=O) groups excluding carboxylic acids is 1. The fourth-order valence-corrected chi connectivity index (χ4v) is 2.53. The molecule has 5 nitrogen and oxygen atoms in total. The van der Waals surface area contributed by atoms with E-state index in [1.54, 1.807) is 0 Å². The molecule has 1 aliphatic carbocycles. The van der Waals surface area contributed by atoms with E-state index in [2.05, 4.69) is 0 Å². The molecule has 0 saturated heterocycles. The van der Waals surface area contributed by atoms with Crippen molar-refractivity contribution in [3.63, 3.8) is 0 Å². The van der Waals surface area contributed by atoms with Crippen LogP contribution in [0.1, 0.15) is 18.4 Å². The zero-order chi connectivity index (χ0) is 14.8. The maximum atomic E-state index is 11.8. The highest BCUT2D eigenvalue weighted by molar-refractivity contribution is 6.34. The molecular formula is C16H16O5. The molecule has 2 unspecified atom stereocenters. The molecule has 1 saturated carbocycles. The third kappa shape index (κ3) is 3.07. The zero-order valence-electron chi connectivity index (χ0n) is 11.4. The van der Waals surface area contributed by atoms with Crippen LogP contribution in [-0.2, 0) is 25.5 Å². The standard InChI is InChI=1S/C16H16O5/c17-15(16(18)19)14(11-6-7-11)12-9-20-13(21-12)8-10-4-2-1-3-5-10/h1-5,9,11,13-14H,6-8H2,(H,18,19). The summed E-state index contributed by atoms with van der Waals surface area (Å²) in [5.41, 5.74) is 1.06. The Bertz CT molecular complexity index is 574. The second-order valence-corrected chi connectivity index (χ2v) is 5.38. The van der Waals surface area contributed by atoms with Crippen molar-refractivity contribution in [3.05, 3.63) is 47.9 Å². The molecular weight excluding hydrogens is 272 g/mol. The molecule has 0 aromatic heterocycles. The van der Waals surface area contributed by atoms with E-state index in [-0.39, 0.29) is 5.92 Å². The molecule has 1 N–H and O–H groups in total. The summed E-state index contributed by atoms with van der Waals surface area (Å²) >= 11 is 0. The number of rotatable bonds is 6. The third-order valence-electron chi connectivity index (χ3n) is 3.74. The first kappa shape index (κ1) is 13.7. The lowest BCUT2D eigenvalue weighted by atomic mass is 9.96. The van der Waals surface area contributed by atoms with Crippen LogP contribution in [0.15, 0.2) is 42.4 Å². The summed E-state index contributed by atoms with van der Waals surface area (Å²) in [5, 5.41) is 8.92. The molecule has 3 rings (SSSR count). The van der Waals surface area contributed by atoms with Gasteiger partial charge in [0.1, 0.15) is 12.0 Å². The maximum Gasteiger partial charge on any atom is 0.372 e. The van der Waals surface area contributed by atoms with Crippen LogP contribution in [0.4, 0.5) is 0 Å². The molecule has 0 amide bonds. The van der Waals surface area contributed by atoms with E-state index < -0.39 is 24.0 Å². The highest BCUT2D eigenvalue weighted by Gasteiger charge is 2.44. The fourth-order valence-electron chi connectivity index (χ4n) is 2.53. The average molecular weight is 288 g/mol. The van der Waals surface area contributed by atoms with Crippen LogP contribution < -0.4 is 0 Å². The number of carbonyl (C=O) groups is 2. The van der Waals surface area contributed by atoms with Gasteiger partial charge < -0.3 is 14.6 Å².